The van der Waals surface area contributed by atoms with Crippen LogP contribution in [-0.2, 0) is 16.1 Å². The van der Waals surface area contributed by atoms with Gasteiger partial charge in [-0.25, -0.2) is 4.99 Å². The molecule has 6 heteroatoms. The molecule has 2 rings (SSSR count). The van der Waals surface area contributed by atoms with Crippen LogP contribution in [0, 0.1) is 0 Å². The van der Waals surface area contributed by atoms with E-state index in [-0.39, 0.29) is 24.2 Å². The lowest BCUT2D eigenvalue weighted by Gasteiger charge is -2.11. The summed E-state index contributed by atoms with van der Waals surface area (Å²) < 4.78 is 0. The molecule has 0 radical (unpaired) electrons. The van der Waals surface area contributed by atoms with Crippen LogP contribution in [0.2, 0.25) is 0 Å². The van der Waals surface area contributed by atoms with E-state index in [2.05, 4.69) is 10.3 Å². The fraction of sp³-hybridized carbons (Fsp3) is 0.308. The molecule has 0 aromatic heterocycles. The predicted molar refractivity (Wildman–Crippen MR) is 71.1 cm³/mol. The predicted octanol–water partition coefficient (Wildman–Crippen LogP) is -0.152. The summed E-state index contributed by atoms with van der Waals surface area (Å²) in [4.78, 5) is 28.2. The zero-order valence-corrected chi connectivity index (χ0v) is 10.7. The highest BCUT2D eigenvalue weighted by atomic mass is 16.2. The molecule has 2 amide bonds. The van der Waals surface area contributed by atoms with E-state index in [0.29, 0.717) is 6.54 Å². The molecule has 0 spiro atoms. The van der Waals surface area contributed by atoms with Gasteiger partial charge in [0, 0.05) is 7.05 Å². The third-order valence-electron chi connectivity index (χ3n) is 2.98. The number of aliphatic imine (C=N–C) groups is 1. The molecule has 3 N–H and O–H groups in total. The van der Waals surface area contributed by atoms with Crippen LogP contribution in [0.1, 0.15) is 12.0 Å². The van der Waals surface area contributed by atoms with Crippen molar-refractivity contribution in [3.8, 4) is 0 Å². The number of likely N-dealkylation sites (N-methyl/N-ethyl adjacent to an activating group) is 1. The molecule has 1 saturated heterocycles. The zero-order valence-electron chi connectivity index (χ0n) is 10.7. The Morgan fingerprint density at radius 3 is 2.68 bits per heavy atom. The van der Waals surface area contributed by atoms with E-state index in [0.717, 1.165) is 10.5 Å². The van der Waals surface area contributed by atoms with E-state index >= 15 is 0 Å². The highest BCUT2D eigenvalue weighted by molar-refractivity contribution is 6.06. The zero-order chi connectivity index (χ0) is 13.8. The smallest absolute Gasteiger partial charge is 0.252 e. The fourth-order valence-electron chi connectivity index (χ4n) is 1.85. The van der Waals surface area contributed by atoms with E-state index < -0.39 is 6.04 Å². The van der Waals surface area contributed by atoms with Crippen molar-refractivity contribution in [2.24, 2.45) is 10.7 Å². The highest BCUT2D eigenvalue weighted by Gasteiger charge is 2.36. The Labute approximate surface area is 111 Å². The van der Waals surface area contributed by atoms with E-state index in [9.17, 15) is 9.59 Å². The Bertz CT molecular complexity index is 513. The van der Waals surface area contributed by atoms with Crippen LogP contribution in [0.25, 0.3) is 0 Å². The second kappa shape index (κ2) is 5.51. The molecule has 100 valence electrons. The van der Waals surface area contributed by atoms with Crippen LogP contribution in [0.3, 0.4) is 0 Å². The topological polar surface area (TPSA) is 87.8 Å². The van der Waals surface area contributed by atoms with Gasteiger partial charge in [0.1, 0.15) is 6.04 Å². The summed E-state index contributed by atoms with van der Waals surface area (Å²) in [5.74, 6) is -0.313. The second-order valence-electron chi connectivity index (χ2n) is 4.38. The Kier molecular flexibility index (Phi) is 3.79. The highest BCUT2D eigenvalue weighted by Crippen LogP contribution is 2.10. The van der Waals surface area contributed by atoms with Crippen LogP contribution in [-0.4, -0.2) is 35.8 Å². The number of carbonyl (C=O) groups excluding carboxylic acids is 2. The Balaban J connectivity index is 1.93. The number of hydrogen-bond acceptors (Lipinski definition) is 3. The van der Waals surface area contributed by atoms with Crippen molar-refractivity contribution in [1.29, 1.82) is 0 Å². The summed E-state index contributed by atoms with van der Waals surface area (Å²) in [7, 11) is 1.46. The molecule has 19 heavy (non-hydrogen) atoms. The summed E-state index contributed by atoms with van der Waals surface area (Å²) in [5.41, 5.74) is 6.74. The largest absolute Gasteiger partial charge is 0.370 e. The molecular formula is C13H16N4O2. The van der Waals surface area contributed by atoms with Gasteiger partial charge >= 0.3 is 0 Å². The van der Waals surface area contributed by atoms with Gasteiger partial charge in [-0.2, -0.15) is 0 Å². The summed E-state index contributed by atoms with van der Waals surface area (Å²) >= 11 is 0. The molecule has 0 bridgehead atoms. The quantitative estimate of drug-likeness (QED) is 0.449. The van der Waals surface area contributed by atoms with Gasteiger partial charge in [-0.15, -0.1) is 0 Å². The van der Waals surface area contributed by atoms with Crippen LogP contribution in [0.5, 0.6) is 0 Å². The van der Waals surface area contributed by atoms with Crippen molar-refractivity contribution in [3.05, 3.63) is 35.9 Å². The van der Waals surface area contributed by atoms with Crippen molar-refractivity contribution in [3.63, 3.8) is 0 Å². The lowest BCUT2D eigenvalue weighted by atomic mass is 10.2. The first kappa shape index (κ1) is 13.1. The van der Waals surface area contributed by atoms with Crippen molar-refractivity contribution in [1.82, 2.24) is 10.2 Å². The summed E-state index contributed by atoms with van der Waals surface area (Å²) in [5, 5.41) is 2.78. The average molecular weight is 260 g/mol. The minimum Gasteiger partial charge on any atom is -0.370 e. The molecule has 1 aliphatic heterocycles. The first-order valence-electron chi connectivity index (χ1n) is 5.98. The van der Waals surface area contributed by atoms with E-state index in [1.165, 1.54) is 7.05 Å². The first-order chi connectivity index (χ1) is 9.08. The molecule has 6 nitrogen and oxygen atoms in total. The number of benzene rings is 1. The van der Waals surface area contributed by atoms with Crippen LogP contribution < -0.4 is 11.1 Å². The van der Waals surface area contributed by atoms with E-state index in [4.69, 9.17) is 5.73 Å². The number of imide groups is 1. The maximum absolute atomic E-state index is 11.7. The maximum Gasteiger partial charge on any atom is 0.252 e. The van der Waals surface area contributed by atoms with E-state index in [1.807, 2.05) is 30.3 Å². The molecule has 1 aliphatic rings. The van der Waals surface area contributed by atoms with E-state index in [1.54, 1.807) is 0 Å². The number of guanidine groups is 1. The third-order valence-corrected chi connectivity index (χ3v) is 2.98. The summed E-state index contributed by atoms with van der Waals surface area (Å²) in [6.07, 6.45) is 0.122. The lowest BCUT2D eigenvalue weighted by Crippen LogP contribution is -2.44. The number of hydrogen-bond donors (Lipinski definition) is 2. The SMILES string of the molecule is CN1C(=O)CC(NC(N)=NCc2ccccc2)C1=O. The number of amides is 2. The van der Waals surface area contributed by atoms with Crippen LogP contribution in [0.4, 0.5) is 0 Å². The van der Waals surface area contributed by atoms with Crippen LogP contribution >= 0.6 is 0 Å². The molecular weight excluding hydrogens is 244 g/mol. The monoisotopic (exact) mass is 260 g/mol. The van der Waals surface area contributed by atoms with Gasteiger partial charge in [-0.05, 0) is 5.56 Å². The van der Waals surface area contributed by atoms with Crippen molar-refractivity contribution < 1.29 is 9.59 Å². The summed E-state index contributed by atoms with van der Waals surface area (Å²) in [6.45, 7) is 0.435. The molecule has 1 heterocycles. The number of nitrogens with two attached hydrogens (primary N) is 1. The second-order valence-corrected chi connectivity index (χ2v) is 4.38. The Morgan fingerprint density at radius 2 is 2.11 bits per heavy atom. The lowest BCUT2D eigenvalue weighted by molar-refractivity contribution is -0.137. The molecule has 1 aromatic rings. The molecule has 1 fully saturated rings. The van der Waals surface area contributed by atoms with Crippen LogP contribution in [0.15, 0.2) is 35.3 Å². The Hall–Kier alpha value is -2.37. The number of nitrogens with zero attached hydrogens (tertiary/aromatic N) is 2. The first-order valence-corrected chi connectivity index (χ1v) is 5.98. The number of likely N-dealkylation sites (tertiary alicyclic amines) is 1. The molecule has 1 unspecified atom stereocenters. The van der Waals surface area contributed by atoms with Crippen molar-refractivity contribution in [2.75, 3.05) is 7.05 Å². The Morgan fingerprint density at radius 1 is 1.42 bits per heavy atom. The van der Waals surface area contributed by atoms with Gasteiger partial charge < -0.3 is 11.1 Å². The number of nitrogens with one attached hydrogen (secondary N) is 1. The fourth-order valence-corrected chi connectivity index (χ4v) is 1.85. The molecule has 0 saturated carbocycles. The average Bonchev–Trinajstić information content (AvgIpc) is 2.65. The maximum atomic E-state index is 11.7. The van der Waals surface area contributed by atoms with Gasteiger partial charge in [-0.3, -0.25) is 14.5 Å². The van der Waals surface area contributed by atoms with Gasteiger partial charge in [0.15, 0.2) is 5.96 Å². The molecule has 1 atom stereocenters. The molecule has 1 aromatic carbocycles. The van der Waals surface area contributed by atoms with Gasteiger partial charge in [0.2, 0.25) is 5.91 Å². The third kappa shape index (κ3) is 3.09. The number of carbonyl (C=O) groups is 2. The minimum absolute atomic E-state index is 0.122. The normalized spacial score (nSPS) is 19.9. The standard InChI is InChI=1S/C13H16N4O2/c1-17-11(18)7-10(12(17)19)16-13(14)15-8-9-5-3-2-4-6-9/h2-6,10H,7-8H2,1H3,(H3,14,15,16). The van der Waals surface area contributed by atoms with Crippen molar-refractivity contribution in [2.45, 2.75) is 19.0 Å². The molecule has 0 aliphatic carbocycles. The van der Waals surface area contributed by atoms with Gasteiger partial charge in [-0.1, -0.05) is 30.3 Å². The van der Waals surface area contributed by atoms with Gasteiger partial charge in [0.05, 0.1) is 13.0 Å². The number of rotatable bonds is 3. The van der Waals surface area contributed by atoms with Gasteiger partial charge in [0.25, 0.3) is 5.91 Å². The minimum atomic E-state index is -0.600. The summed E-state index contributed by atoms with van der Waals surface area (Å²) in [6, 6.07) is 9.04. The van der Waals surface area contributed by atoms with Crippen molar-refractivity contribution >= 4 is 17.8 Å².